The summed E-state index contributed by atoms with van der Waals surface area (Å²) in [6.45, 7) is 0.846. The zero-order chi connectivity index (χ0) is 13.9. The smallest absolute Gasteiger partial charge is 0.335 e. The van der Waals surface area contributed by atoms with Crippen LogP contribution in [0.1, 0.15) is 54.4 Å². The number of benzene rings is 1. The van der Waals surface area contributed by atoms with Gasteiger partial charge in [0.15, 0.2) is 0 Å². The maximum atomic E-state index is 10.8. The first-order valence-electron chi connectivity index (χ1n) is 7.78. The third-order valence-corrected chi connectivity index (χ3v) is 4.86. The molecule has 0 aliphatic heterocycles. The van der Waals surface area contributed by atoms with Crippen LogP contribution < -0.4 is 5.32 Å². The lowest BCUT2D eigenvalue weighted by Crippen LogP contribution is -2.33. The number of hydrogen-bond donors (Lipinski definition) is 2. The van der Waals surface area contributed by atoms with Crippen molar-refractivity contribution >= 4 is 5.97 Å². The van der Waals surface area contributed by atoms with Gasteiger partial charge in [-0.25, -0.2) is 4.79 Å². The third kappa shape index (κ3) is 3.40. The molecule has 0 heterocycles. The minimum Gasteiger partial charge on any atom is -0.478 e. The number of carbonyl (C=O) groups is 1. The average molecular weight is 273 g/mol. The Hall–Kier alpha value is -1.35. The number of aromatic carboxylic acids is 1. The van der Waals surface area contributed by atoms with E-state index in [2.05, 4.69) is 5.32 Å². The summed E-state index contributed by atoms with van der Waals surface area (Å²) < 4.78 is 0. The number of carboxylic acid groups (broad SMARTS) is 1. The van der Waals surface area contributed by atoms with Gasteiger partial charge in [0, 0.05) is 12.6 Å². The molecule has 3 rings (SSSR count). The zero-order valence-corrected chi connectivity index (χ0v) is 11.8. The molecule has 0 amide bonds. The van der Waals surface area contributed by atoms with Gasteiger partial charge < -0.3 is 10.4 Å². The Balaban J connectivity index is 1.44. The standard InChI is InChI=1S/C17H23NO2/c19-17(20)15-3-1-12(2-4-15)11-18-16-9-7-14(8-10-16)13-5-6-13/h1-4,13-14,16,18H,5-11H2,(H,19,20). The highest BCUT2D eigenvalue weighted by atomic mass is 16.4. The Morgan fingerprint density at radius 3 is 2.05 bits per heavy atom. The van der Waals surface area contributed by atoms with E-state index in [0.29, 0.717) is 11.6 Å². The summed E-state index contributed by atoms with van der Waals surface area (Å²) in [6, 6.07) is 7.83. The van der Waals surface area contributed by atoms with Crippen molar-refractivity contribution < 1.29 is 9.90 Å². The summed E-state index contributed by atoms with van der Waals surface area (Å²) in [4.78, 5) is 10.8. The van der Waals surface area contributed by atoms with Gasteiger partial charge in [0.2, 0.25) is 0 Å². The van der Waals surface area contributed by atoms with Crippen LogP contribution in [0.15, 0.2) is 24.3 Å². The summed E-state index contributed by atoms with van der Waals surface area (Å²) >= 11 is 0. The van der Waals surface area contributed by atoms with Gasteiger partial charge in [-0.1, -0.05) is 12.1 Å². The SMILES string of the molecule is O=C(O)c1ccc(CNC2CCC(C3CC3)CC2)cc1. The molecule has 2 fully saturated rings. The molecule has 1 aromatic rings. The van der Waals surface area contributed by atoms with Gasteiger partial charge in [0.25, 0.3) is 0 Å². The van der Waals surface area contributed by atoms with Crippen LogP contribution in [0.4, 0.5) is 0 Å². The Labute approximate surface area is 120 Å². The van der Waals surface area contributed by atoms with E-state index in [1.54, 1.807) is 12.1 Å². The van der Waals surface area contributed by atoms with Gasteiger partial charge in [0.1, 0.15) is 0 Å². The molecule has 2 aliphatic carbocycles. The molecule has 0 unspecified atom stereocenters. The Morgan fingerprint density at radius 1 is 1.00 bits per heavy atom. The summed E-state index contributed by atoms with van der Waals surface area (Å²) in [5, 5.41) is 12.5. The second-order valence-corrected chi connectivity index (χ2v) is 6.33. The lowest BCUT2D eigenvalue weighted by atomic mass is 9.83. The van der Waals surface area contributed by atoms with E-state index in [9.17, 15) is 4.79 Å². The highest BCUT2D eigenvalue weighted by molar-refractivity contribution is 5.87. The molecule has 0 atom stereocenters. The predicted molar refractivity (Wildman–Crippen MR) is 78.7 cm³/mol. The van der Waals surface area contributed by atoms with Crippen molar-refractivity contribution in [2.45, 2.75) is 51.1 Å². The van der Waals surface area contributed by atoms with Crippen LogP contribution in [0.3, 0.4) is 0 Å². The molecule has 0 saturated heterocycles. The molecule has 2 aliphatic rings. The molecule has 1 aromatic carbocycles. The maximum absolute atomic E-state index is 10.8. The molecule has 0 bridgehead atoms. The molecule has 0 aromatic heterocycles. The van der Waals surface area contributed by atoms with Gasteiger partial charge >= 0.3 is 5.97 Å². The fourth-order valence-corrected chi connectivity index (χ4v) is 3.39. The van der Waals surface area contributed by atoms with Crippen molar-refractivity contribution in [3.8, 4) is 0 Å². The molecule has 2 N–H and O–H groups in total. The van der Waals surface area contributed by atoms with Crippen LogP contribution in [-0.4, -0.2) is 17.1 Å². The molecule has 20 heavy (non-hydrogen) atoms. The van der Waals surface area contributed by atoms with Crippen LogP contribution in [-0.2, 0) is 6.54 Å². The highest BCUT2D eigenvalue weighted by Gasteiger charge is 2.33. The highest BCUT2D eigenvalue weighted by Crippen LogP contribution is 2.43. The van der Waals surface area contributed by atoms with E-state index in [1.165, 1.54) is 44.1 Å². The normalized spacial score (nSPS) is 26.4. The Kier molecular flexibility index (Phi) is 4.06. The summed E-state index contributed by atoms with van der Waals surface area (Å²) in [7, 11) is 0. The lowest BCUT2D eigenvalue weighted by molar-refractivity contribution is 0.0697. The second-order valence-electron chi connectivity index (χ2n) is 6.33. The molecular weight excluding hydrogens is 250 g/mol. The first-order chi connectivity index (χ1) is 9.72. The van der Waals surface area contributed by atoms with Gasteiger partial charge in [0.05, 0.1) is 5.56 Å². The van der Waals surface area contributed by atoms with Crippen molar-refractivity contribution in [2.75, 3.05) is 0 Å². The van der Waals surface area contributed by atoms with Gasteiger partial charge in [-0.2, -0.15) is 0 Å². The monoisotopic (exact) mass is 273 g/mol. The van der Waals surface area contributed by atoms with Crippen molar-refractivity contribution in [1.29, 1.82) is 0 Å². The Morgan fingerprint density at radius 2 is 1.55 bits per heavy atom. The van der Waals surface area contributed by atoms with Crippen LogP contribution in [0.5, 0.6) is 0 Å². The fourth-order valence-electron chi connectivity index (χ4n) is 3.39. The summed E-state index contributed by atoms with van der Waals surface area (Å²) in [6.07, 6.45) is 8.32. The van der Waals surface area contributed by atoms with Crippen LogP contribution >= 0.6 is 0 Å². The zero-order valence-electron chi connectivity index (χ0n) is 11.8. The molecule has 3 nitrogen and oxygen atoms in total. The van der Waals surface area contributed by atoms with E-state index < -0.39 is 5.97 Å². The van der Waals surface area contributed by atoms with Crippen molar-refractivity contribution in [1.82, 2.24) is 5.32 Å². The lowest BCUT2D eigenvalue weighted by Gasteiger charge is -2.29. The van der Waals surface area contributed by atoms with E-state index in [0.717, 1.165) is 18.4 Å². The molecular formula is C17H23NO2. The predicted octanol–water partition coefficient (Wildman–Crippen LogP) is 3.44. The fraction of sp³-hybridized carbons (Fsp3) is 0.588. The van der Waals surface area contributed by atoms with Crippen LogP contribution in [0, 0.1) is 11.8 Å². The number of rotatable bonds is 5. The topological polar surface area (TPSA) is 49.3 Å². The first-order valence-corrected chi connectivity index (χ1v) is 7.78. The number of nitrogens with one attached hydrogen (secondary N) is 1. The molecule has 0 radical (unpaired) electrons. The molecule has 108 valence electrons. The molecule has 2 saturated carbocycles. The summed E-state index contributed by atoms with van der Waals surface area (Å²) in [5.74, 6) is 1.20. The quantitative estimate of drug-likeness (QED) is 0.864. The first kappa shape index (κ1) is 13.6. The van der Waals surface area contributed by atoms with Crippen molar-refractivity contribution in [3.63, 3.8) is 0 Å². The molecule has 0 spiro atoms. The summed E-state index contributed by atoms with van der Waals surface area (Å²) in [5.41, 5.74) is 1.53. The van der Waals surface area contributed by atoms with Crippen LogP contribution in [0.2, 0.25) is 0 Å². The average Bonchev–Trinajstić information content (AvgIpc) is 3.31. The second kappa shape index (κ2) is 5.96. The minimum absolute atomic E-state index is 0.360. The van der Waals surface area contributed by atoms with Crippen molar-refractivity contribution in [2.24, 2.45) is 11.8 Å². The van der Waals surface area contributed by atoms with E-state index in [-0.39, 0.29) is 0 Å². The molecule has 3 heteroatoms. The van der Waals surface area contributed by atoms with Gasteiger partial charge in [-0.3, -0.25) is 0 Å². The third-order valence-electron chi connectivity index (χ3n) is 4.86. The minimum atomic E-state index is -0.858. The number of hydrogen-bond acceptors (Lipinski definition) is 2. The van der Waals surface area contributed by atoms with E-state index >= 15 is 0 Å². The van der Waals surface area contributed by atoms with Crippen LogP contribution in [0.25, 0.3) is 0 Å². The maximum Gasteiger partial charge on any atom is 0.335 e. The Bertz CT molecular complexity index is 456. The van der Waals surface area contributed by atoms with E-state index in [1.807, 2.05) is 12.1 Å². The van der Waals surface area contributed by atoms with Crippen molar-refractivity contribution in [3.05, 3.63) is 35.4 Å². The van der Waals surface area contributed by atoms with E-state index in [4.69, 9.17) is 5.11 Å². The largest absolute Gasteiger partial charge is 0.478 e. The van der Waals surface area contributed by atoms with Gasteiger partial charge in [-0.05, 0) is 68.1 Å². The number of carboxylic acids is 1. The van der Waals surface area contributed by atoms with Gasteiger partial charge in [-0.15, -0.1) is 0 Å².